The summed E-state index contributed by atoms with van der Waals surface area (Å²) in [7, 11) is 0. The maximum Gasteiger partial charge on any atom is 0.267 e. The Labute approximate surface area is 148 Å². The molecule has 1 aliphatic rings. The Morgan fingerprint density at radius 1 is 0.923 bits per heavy atom. The smallest absolute Gasteiger partial charge is 0.267 e. The van der Waals surface area contributed by atoms with Gasteiger partial charge < -0.3 is 5.73 Å². The van der Waals surface area contributed by atoms with E-state index in [4.69, 9.17) is 5.73 Å². The summed E-state index contributed by atoms with van der Waals surface area (Å²) in [6.07, 6.45) is 0. The molecule has 26 heavy (non-hydrogen) atoms. The molecule has 0 spiro atoms. The molecule has 2 N–H and O–H groups in total. The predicted octanol–water partition coefficient (Wildman–Crippen LogP) is 2.07. The van der Waals surface area contributed by atoms with Gasteiger partial charge in [-0.3, -0.25) is 19.3 Å². The number of rotatable bonds is 3. The second kappa shape index (κ2) is 5.96. The van der Waals surface area contributed by atoms with Gasteiger partial charge in [0.25, 0.3) is 17.7 Å². The van der Waals surface area contributed by atoms with Crippen molar-refractivity contribution in [3.05, 3.63) is 71.8 Å². The lowest BCUT2D eigenvalue weighted by molar-refractivity contribution is 0.0602. The number of amides is 2. The zero-order valence-corrected chi connectivity index (χ0v) is 13.6. The summed E-state index contributed by atoms with van der Waals surface area (Å²) in [6.45, 7) is -0.409. The molecule has 7 nitrogen and oxygen atoms in total. The van der Waals surface area contributed by atoms with E-state index in [1.165, 1.54) is 0 Å². The van der Waals surface area contributed by atoms with Crippen LogP contribution in [0.1, 0.15) is 25.5 Å². The standard InChI is InChI=1S/C19H14N4O3/c20-16-10-15(12-6-2-1-3-7-12)23(21-16)17(24)11-22-18(25)13-8-4-5-9-14(13)19(22)26/h1-10H,11H2,(H2,20,21). The SMILES string of the molecule is Nc1cc(-c2ccccc2)n(C(=O)CN2C(=O)c3ccccc3C2=O)n1. The van der Waals surface area contributed by atoms with Crippen LogP contribution < -0.4 is 5.73 Å². The minimum absolute atomic E-state index is 0.180. The van der Waals surface area contributed by atoms with Crippen LogP contribution in [0.4, 0.5) is 5.82 Å². The number of fused-ring (bicyclic) bond motifs is 1. The molecule has 4 rings (SSSR count). The topological polar surface area (TPSA) is 98.3 Å². The molecule has 2 amide bonds. The number of imide groups is 1. The lowest BCUT2D eigenvalue weighted by Gasteiger charge is -2.13. The summed E-state index contributed by atoms with van der Waals surface area (Å²) in [5.74, 6) is -1.31. The second-order valence-corrected chi connectivity index (χ2v) is 5.87. The summed E-state index contributed by atoms with van der Waals surface area (Å²) in [6, 6.07) is 17.2. The number of aromatic nitrogens is 2. The largest absolute Gasteiger partial charge is 0.382 e. The highest BCUT2D eigenvalue weighted by Crippen LogP contribution is 2.24. The number of benzene rings is 2. The van der Waals surface area contributed by atoms with Crippen LogP contribution in [0, 0.1) is 0 Å². The van der Waals surface area contributed by atoms with Gasteiger partial charge in [-0.1, -0.05) is 42.5 Å². The third-order valence-electron chi connectivity index (χ3n) is 4.21. The molecule has 1 aliphatic heterocycles. The average Bonchev–Trinajstić information content (AvgIpc) is 3.17. The molecular weight excluding hydrogens is 332 g/mol. The molecular formula is C19H14N4O3. The first kappa shape index (κ1) is 15.8. The molecule has 3 aromatic rings. The average molecular weight is 346 g/mol. The zero-order chi connectivity index (χ0) is 18.3. The lowest BCUT2D eigenvalue weighted by Crippen LogP contribution is -2.37. The van der Waals surface area contributed by atoms with Gasteiger partial charge in [0.15, 0.2) is 0 Å². The van der Waals surface area contributed by atoms with Crippen molar-refractivity contribution in [2.24, 2.45) is 0 Å². The maximum atomic E-state index is 12.7. The summed E-state index contributed by atoms with van der Waals surface area (Å²) in [5.41, 5.74) is 7.62. The fourth-order valence-electron chi connectivity index (χ4n) is 2.99. The van der Waals surface area contributed by atoms with Crippen LogP contribution in [0.2, 0.25) is 0 Å². The first-order valence-corrected chi connectivity index (χ1v) is 7.95. The van der Waals surface area contributed by atoms with E-state index >= 15 is 0 Å². The number of nitrogens with zero attached hydrogens (tertiary/aromatic N) is 3. The number of nitrogen functional groups attached to an aromatic ring is 1. The van der Waals surface area contributed by atoms with Gasteiger partial charge in [0.05, 0.1) is 16.8 Å². The first-order valence-electron chi connectivity index (χ1n) is 7.95. The molecule has 0 bridgehead atoms. The molecule has 0 radical (unpaired) electrons. The second-order valence-electron chi connectivity index (χ2n) is 5.87. The summed E-state index contributed by atoms with van der Waals surface area (Å²) < 4.78 is 1.13. The highest BCUT2D eigenvalue weighted by Gasteiger charge is 2.36. The van der Waals surface area contributed by atoms with Crippen molar-refractivity contribution in [3.8, 4) is 11.3 Å². The van der Waals surface area contributed by atoms with Gasteiger partial charge in [-0.25, -0.2) is 0 Å². The quantitative estimate of drug-likeness (QED) is 0.732. The number of carbonyl (C=O) groups excluding carboxylic acids is 3. The Balaban J connectivity index is 1.65. The number of anilines is 1. The van der Waals surface area contributed by atoms with Crippen molar-refractivity contribution in [1.82, 2.24) is 14.7 Å². The molecule has 0 fully saturated rings. The highest BCUT2D eigenvalue weighted by atomic mass is 16.2. The Bertz CT molecular complexity index is 1000. The molecule has 2 heterocycles. The zero-order valence-electron chi connectivity index (χ0n) is 13.6. The summed E-state index contributed by atoms with van der Waals surface area (Å²) >= 11 is 0. The van der Waals surface area contributed by atoms with Crippen molar-refractivity contribution in [2.75, 3.05) is 12.3 Å². The van der Waals surface area contributed by atoms with Crippen LogP contribution in [0.15, 0.2) is 60.7 Å². The minimum Gasteiger partial charge on any atom is -0.382 e. The number of hydrogen-bond acceptors (Lipinski definition) is 5. The monoisotopic (exact) mass is 346 g/mol. The molecule has 1 aromatic heterocycles. The van der Waals surface area contributed by atoms with Crippen LogP contribution in [0.25, 0.3) is 11.3 Å². The van der Waals surface area contributed by atoms with Crippen molar-refractivity contribution < 1.29 is 14.4 Å². The lowest BCUT2D eigenvalue weighted by atomic mass is 10.1. The Morgan fingerprint density at radius 2 is 1.50 bits per heavy atom. The molecule has 0 aliphatic carbocycles. The van der Waals surface area contributed by atoms with Crippen LogP contribution in [-0.2, 0) is 0 Å². The van der Waals surface area contributed by atoms with Crippen molar-refractivity contribution in [3.63, 3.8) is 0 Å². The normalized spacial score (nSPS) is 13.2. The van der Waals surface area contributed by atoms with Crippen LogP contribution >= 0.6 is 0 Å². The molecule has 128 valence electrons. The van der Waals surface area contributed by atoms with Crippen molar-refractivity contribution in [2.45, 2.75) is 0 Å². The Hall–Kier alpha value is -3.74. The number of carbonyl (C=O) groups is 3. The summed E-state index contributed by atoms with van der Waals surface area (Å²) in [4.78, 5) is 38.5. The van der Waals surface area contributed by atoms with Gasteiger partial charge in [0.1, 0.15) is 12.4 Å². The van der Waals surface area contributed by atoms with Gasteiger partial charge in [-0.15, -0.1) is 5.10 Å². The Morgan fingerprint density at radius 3 is 2.12 bits per heavy atom. The van der Waals surface area contributed by atoms with E-state index in [9.17, 15) is 14.4 Å². The van der Waals surface area contributed by atoms with Gasteiger partial charge >= 0.3 is 0 Å². The van der Waals surface area contributed by atoms with E-state index in [-0.39, 0.29) is 5.82 Å². The van der Waals surface area contributed by atoms with E-state index in [0.717, 1.165) is 15.1 Å². The minimum atomic E-state index is -0.518. The van der Waals surface area contributed by atoms with E-state index in [2.05, 4.69) is 5.10 Å². The van der Waals surface area contributed by atoms with Gasteiger partial charge in [-0.05, 0) is 12.1 Å². The number of hydrogen-bond donors (Lipinski definition) is 1. The van der Waals surface area contributed by atoms with E-state index < -0.39 is 24.3 Å². The fraction of sp³-hybridized carbons (Fsp3) is 0.0526. The predicted molar refractivity (Wildman–Crippen MR) is 94.5 cm³/mol. The van der Waals surface area contributed by atoms with Gasteiger partial charge in [0, 0.05) is 11.6 Å². The van der Waals surface area contributed by atoms with E-state index in [1.54, 1.807) is 30.3 Å². The number of nitrogens with two attached hydrogens (primary N) is 1. The summed E-state index contributed by atoms with van der Waals surface area (Å²) in [5, 5.41) is 4.02. The van der Waals surface area contributed by atoms with Crippen molar-refractivity contribution in [1.29, 1.82) is 0 Å². The molecule has 0 saturated heterocycles. The first-order chi connectivity index (χ1) is 12.6. The van der Waals surface area contributed by atoms with E-state index in [0.29, 0.717) is 16.8 Å². The van der Waals surface area contributed by atoms with Crippen LogP contribution in [0.3, 0.4) is 0 Å². The molecule has 0 unspecified atom stereocenters. The van der Waals surface area contributed by atoms with Gasteiger partial charge in [-0.2, -0.15) is 4.68 Å². The molecule has 0 atom stereocenters. The maximum absolute atomic E-state index is 12.7. The van der Waals surface area contributed by atoms with Crippen LogP contribution in [0.5, 0.6) is 0 Å². The third-order valence-corrected chi connectivity index (χ3v) is 4.21. The van der Waals surface area contributed by atoms with E-state index in [1.807, 2.05) is 30.3 Å². The van der Waals surface area contributed by atoms with Crippen LogP contribution in [-0.4, -0.2) is 38.9 Å². The highest BCUT2D eigenvalue weighted by molar-refractivity contribution is 6.22. The fourth-order valence-corrected chi connectivity index (χ4v) is 2.99. The third kappa shape index (κ3) is 2.46. The Kier molecular flexibility index (Phi) is 3.62. The van der Waals surface area contributed by atoms with Crippen molar-refractivity contribution >= 4 is 23.5 Å². The van der Waals surface area contributed by atoms with Gasteiger partial charge in [0.2, 0.25) is 0 Å². The molecule has 2 aromatic carbocycles. The molecule has 0 saturated carbocycles. The molecule has 7 heteroatoms.